The quantitative estimate of drug-likeness (QED) is 0.603. The second kappa shape index (κ2) is 8.08. The molecule has 0 aliphatic carbocycles. The van der Waals surface area contributed by atoms with Crippen LogP contribution >= 0.6 is 0 Å². The summed E-state index contributed by atoms with van der Waals surface area (Å²) < 4.78 is 4.95. The Bertz CT molecular complexity index is 143. The van der Waals surface area contributed by atoms with Gasteiger partial charge in [0.25, 0.3) is 0 Å². The molecule has 2 N–H and O–H groups in total. The lowest BCUT2D eigenvalue weighted by molar-refractivity contribution is 0.199. The molecule has 0 aromatic carbocycles. The highest BCUT2D eigenvalue weighted by Gasteiger charge is 2.18. The van der Waals surface area contributed by atoms with Crippen LogP contribution in [-0.2, 0) is 4.74 Å². The third-order valence-electron chi connectivity index (χ3n) is 2.89. The highest BCUT2D eigenvalue weighted by Crippen LogP contribution is 2.24. The summed E-state index contributed by atoms with van der Waals surface area (Å²) in [5.74, 6) is 0.705. The SMILES string of the molecule is COCCNCCNCC(C)C(C)(C)C. The number of nitrogens with one attached hydrogen (secondary N) is 2. The predicted molar refractivity (Wildman–Crippen MR) is 66.2 cm³/mol. The zero-order chi connectivity index (χ0) is 11.7. The van der Waals surface area contributed by atoms with E-state index in [2.05, 4.69) is 38.3 Å². The average Bonchev–Trinajstić information content (AvgIpc) is 2.14. The molecule has 1 atom stereocenters. The van der Waals surface area contributed by atoms with Crippen LogP contribution in [-0.4, -0.2) is 39.9 Å². The van der Waals surface area contributed by atoms with Crippen LogP contribution in [0.4, 0.5) is 0 Å². The van der Waals surface area contributed by atoms with E-state index < -0.39 is 0 Å². The summed E-state index contributed by atoms with van der Waals surface area (Å²) in [5, 5.41) is 6.78. The van der Waals surface area contributed by atoms with Crippen LogP contribution in [0.25, 0.3) is 0 Å². The van der Waals surface area contributed by atoms with E-state index in [1.54, 1.807) is 7.11 Å². The Morgan fingerprint density at radius 2 is 1.67 bits per heavy atom. The van der Waals surface area contributed by atoms with Gasteiger partial charge in [0.05, 0.1) is 6.61 Å². The third kappa shape index (κ3) is 8.85. The average molecular weight is 216 g/mol. The second-order valence-electron chi connectivity index (χ2n) is 5.21. The minimum absolute atomic E-state index is 0.399. The maximum atomic E-state index is 4.95. The fraction of sp³-hybridized carbons (Fsp3) is 1.00. The molecule has 15 heavy (non-hydrogen) atoms. The fourth-order valence-corrected chi connectivity index (χ4v) is 1.10. The summed E-state index contributed by atoms with van der Waals surface area (Å²) in [5.41, 5.74) is 0.399. The molecule has 0 fully saturated rings. The molecule has 0 radical (unpaired) electrons. The van der Waals surface area contributed by atoms with Crippen molar-refractivity contribution < 1.29 is 4.74 Å². The standard InChI is InChI=1S/C12H28N2O/c1-11(12(2,3)4)10-14-7-6-13-8-9-15-5/h11,13-14H,6-10H2,1-5H3. The number of rotatable bonds is 8. The second-order valence-corrected chi connectivity index (χ2v) is 5.21. The van der Waals surface area contributed by atoms with Crippen molar-refractivity contribution in [1.82, 2.24) is 10.6 Å². The smallest absolute Gasteiger partial charge is 0.0587 e. The molecule has 0 heterocycles. The Morgan fingerprint density at radius 1 is 1.07 bits per heavy atom. The van der Waals surface area contributed by atoms with Gasteiger partial charge in [-0.1, -0.05) is 27.7 Å². The van der Waals surface area contributed by atoms with Crippen LogP contribution < -0.4 is 10.6 Å². The summed E-state index contributed by atoms with van der Waals surface area (Å²) >= 11 is 0. The lowest BCUT2D eigenvalue weighted by Gasteiger charge is -2.27. The zero-order valence-corrected chi connectivity index (χ0v) is 11.0. The summed E-state index contributed by atoms with van der Waals surface area (Å²) in [6.45, 7) is 14.0. The largest absolute Gasteiger partial charge is 0.383 e. The summed E-state index contributed by atoms with van der Waals surface area (Å²) in [6.07, 6.45) is 0. The number of hydrogen-bond donors (Lipinski definition) is 2. The van der Waals surface area contributed by atoms with E-state index in [1.165, 1.54) is 0 Å². The maximum absolute atomic E-state index is 4.95. The molecule has 0 bridgehead atoms. The first-order chi connectivity index (χ1) is 6.98. The van der Waals surface area contributed by atoms with Gasteiger partial charge in [-0.05, 0) is 17.9 Å². The minimum atomic E-state index is 0.399. The fourth-order valence-electron chi connectivity index (χ4n) is 1.10. The van der Waals surface area contributed by atoms with Crippen molar-refractivity contribution >= 4 is 0 Å². The van der Waals surface area contributed by atoms with Crippen molar-refractivity contribution in [2.45, 2.75) is 27.7 Å². The van der Waals surface area contributed by atoms with Gasteiger partial charge in [-0.15, -0.1) is 0 Å². The molecule has 0 aliphatic heterocycles. The zero-order valence-electron chi connectivity index (χ0n) is 11.0. The molecular weight excluding hydrogens is 188 g/mol. The van der Waals surface area contributed by atoms with Gasteiger partial charge in [-0.3, -0.25) is 0 Å². The van der Waals surface area contributed by atoms with Crippen LogP contribution in [0.1, 0.15) is 27.7 Å². The van der Waals surface area contributed by atoms with Gasteiger partial charge < -0.3 is 15.4 Å². The van der Waals surface area contributed by atoms with Gasteiger partial charge in [-0.2, -0.15) is 0 Å². The van der Waals surface area contributed by atoms with E-state index in [-0.39, 0.29) is 0 Å². The van der Waals surface area contributed by atoms with Crippen molar-refractivity contribution in [3.05, 3.63) is 0 Å². The molecule has 0 spiro atoms. The first-order valence-electron chi connectivity index (χ1n) is 5.89. The molecule has 92 valence electrons. The van der Waals surface area contributed by atoms with Gasteiger partial charge in [-0.25, -0.2) is 0 Å². The van der Waals surface area contributed by atoms with Gasteiger partial charge in [0.15, 0.2) is 0 Å². The monoisotopic (exact) mass is 216 g/mol. The van der Waals surface area contributed by atoms with E-state index in [1.807, 2.05) is 0 Å². The van der Waals surface area contributed by atoms with E-state index >= 15 is 0 Å². The number of hydrogen-bond acceptors (Lipinski definition) is 3. The molecule has 0 rings (SSSR count). The Kier molecular flexibility index (Phi) is 8.02. The lowest BCUT2D eigenvalue weighted by atomic mass is 9.82. The van der Waals surface area contributed by atoms with Crippen LogP contribution in [0, 0.1) is 11.3 Å². The summed E-state index contributed by atoms with van der Waals surface area (Å²) in [4.78, 5) is 0. The van der Waals surface area contributed by atoms with Gasteiger partial charge in [0.2, 0.25) is 0 Å². The van der Waals surface area contributed by atoms with Gasteiger partial charge in [0, 0.05) is 26.7 Å². The molecule has 0 aromatic heterocycles. The normalized spacial score (nSPS) is 14.2. The third-order valence-corrected chi connectivity index (χ3v) is 2.89. The van der Waals surface area contributed by atoms with Crippen LogP contribution in [0.2, 0.25) is 0 Å². The highest BCUT2D eigenvalue weighted by molar-refractivity contribution is 4.71. The first kappa shape index (κ1) is 14.9. The van der Waals surface area contributed by atoms with Crippen molar-refractivity contribution in [1.29, 1.82) is 0 Å². The van der Waals surface area contributed by atoms with Crippen LogP contribution in [0.15, 0.2) is 0 Å². The van der Waals surface area contributed by atoms with Crippen molar-refractivity contribution in [3.63, 3.8) is 0 Å². The Hall–Kier alpha value is -0.120. The van der Waals surface area contributed by atoms with Crippen molar-refractivity contribution in [3.8, 4) is 0 Å². The van der Waals surface area contributed by atoms with Crippen LogP contribution in [0.3, 0.4) is 0 Å². The molecular formula is C12H28N2O. The molecule has 1 unspecified atom stereocenters. The van der Waals surface area contributed by atoms with Gasteiger partial charge >= 0.3 is 0 Å². The van der Waals surface area contributed by atoms with Crippen molar-refractivity contribution in [2.24, 2.45) is 11.3 Å². The lowest BCUT2D eigenvalue weighted by Crippen LogP contribution is -2.34. The molecule has 0 amide bonds. The number of ether oxygens (including phenoxy) is 1. The van der Waals surface area contributed by atoms with E-state index in [4.69, 9.17) is 4.74 Å². The minimum Gasteiger partial charge on any atom is -0.383 e. The molecule has 0 aliphatic rings. The topological polar surface area (TPSA) is 33.3 Å². The first-order valence-corrected chi connectivity index (χ1v) is 5.89. The van der Waals surface area contributed by atoms with E-state index in [0.29, 0.717) is 11.3 Å². The molecule has 0 aromatic rings. The maximum Gasteiger partial charge on any atom is 0.0587 e. The van der Waals surface area contributed by atoms with Crippen LogP contribution in [0.5, 0.6) is 0 Å². The number of methoxy groups -OCH3 is 1. The Labute approximate surface area is 95.0 Å². The summed E-state index contributed by atoms with van der Waals surface area (Å²) in [6, 6.07) is 0. The Morgan fingerprint density at radius 3 is 2.20 bits per heavy atom. The molecule has 3 nitrogen and oxygen atoms in total. The molecule has 0 saturated heterocycles. The summed E-state index contributed by atoms with van der Waals surface area (Å²) in [7, 11) is 1.73. The Balaban J connectivity index is 3.24. The molecule has 3 heteroatoms. The predicted octanol–water partition coefficient (Wildman–Crippen LogP) is 1.49. The molecule has 0 saturated carbocycles. The van der Waals surface area contributed by atoms with E-state index in [9.17, 15) is 0 Å². The van der Waals surface area contributed by atoms with E-state index in [0.717, 1.165) is 32.8 Å². The highest BCUT2D eigenvalue weighted by atomic mass is 16.5. The van der Waals surface area contributed by atoms with Gasteiger partial charge in [0.1, 0.15) is 0 Å². The van der Waals surface area contributed by atoms with Crippen molar-refractivity contribution in [2.75, 3.05) is 39.9 Å².